The molecule has 21 heavy (non-hydrogen) atoms. The number of carbonyl (C=O) groups is 2. The van der Waals surface area contributed by atoms with Crippen LogP contribution in [0.15, 0.2) is 18.2 Å². The Labute approximate surface area is 125 Å². The second kappa shape index (κ2) is 6.73. The van der Waals surface area contributed by atoms with Gasteiger partial charge in [-0.2, -0.15) is 0 Å². The van der Waals surface area contributed by atoms with Crippen LogP contribution in [-0.4, -0.2) is 35.9 Å². The first-order valence-corrected chi connectivity index (χ1v) is 6.71. The molecular weight excluding hydrogens is 303 g/mol. The van der Waals surface area contributed by atoms with Gasteiger partial charge in [0.05, 0.1) is 11.1 Å². The molecule has 1 saturated heterocycles. The first-order valence-electron chi connectivity index (χ1n) is 6.34. The van der Waals surface area contributed by atoms with Crippen LogP contribution in [0.2, 0.25) is 5.02 Å². The summed E-state index contributed by atoms with van der Waals surface area (Å²) in [6, 6.07) is 3.33. The fraction of sp³-hybridized carbons (Fsp3) is 0.385. The van der Waals surface area contributed by atoms with E-state index >= 15 is 0 Å². The van der Waals surface area contributed by atoms with Gasteiger partial charge in [-0.05, 0) is 31.0 Å². The Morgan fingerprint density at radius 3 is 2.81 bits per heavy atom. The van der Waals surface area contributed by atoms with E-state index in [-0.39, 0.29) is 17.7 Å². The van der Waals surface area contributed by atoms with E-state index in [1.807, 2.05) is 0 Å². The van der Waals surface area contributed by atoms with Gasteiger partial charge in [0.2, 0.25) is 0 Å². The summed E-state index contributed by atoms with van der Waals surface area (Å²) >= 11 is 5.60. The van der Waals surface area contributed by atoms with Crippen molar-refractivity contribution in [2.24, 2.45) is 0 Å². The van der Waals surface area contributed by atoms with Crippen molar-refractivity contribution in [1.82, 2.24) is 5.32 Å². The van der Waals surface area contributed by atoms with Crippen molar-refractivity contribution in [3.8, 4) is 0 Å². The number of rotatable bonds is 4. The van der Waals surface area contributed by atoms with E-state index in [9.17, 15) is 14.0 Å². The highest BCUT2D eigenvalue weighted by molar-refractivity contribution is 6.31. The minimum atomic E-state index is -0.997. The van der Waals surface area contributed by atoms with E-state index in [0.29, 0.717) is 18.5 Å². The smallest absolute Gasteiger partial charge is 0.332 e. The van der Waals surface area contributed by atoms with Gasteiger partial charge in [-0.1, -0.05) is 11.6 Å². The molecule has 8 heteroatoms. The average molecular weight is 317 g/mol. The van der Waals surface area contributed by atoms with Crippen molar-refractivity contribution >= 4 is 29.3 Å². The Morgan fingerprint density at radius 2 is 2.19 bits per heavy atom. The van der Waals surface area contributed by atoms with Crippen LogP contribution in [0.5, 0.6) is 0 Å². The van der Waals surface area contributed by atoms with Gasteiger partial charge in [0.1, 0.15) is 5.82 Å². The Bertz CT molecular complexity index is 555. The van der Waals surface area contributed by atoms with Crippen molar-refractivity contribution in [2.45, 2.75) is 25.0 Å². The van der Waals surface area contributed by atoms with E-state index in [1.165, 1.54) is 12.1 Å². The van der Waals surface area contributed by atoms with Gasteiger partial charge in [0.25, 0.3) is 0 Å². The third-order valence-corrected chi connectivity index (χ3v) is 3.34. The van der Waals surface area contributed by atoms with Gasteiger partial charge in [0.15, 0.2) is 6.10 Å². The van der Waals surface area contributed by atoms with Crippen LogP contribution in [0.1, 0.15) is 12.8 Å². The number of nitrogens with one attached hydrogen (secondary N) is 2. The third kappa shape index (κ3) is 4.30. The molecule has 0 aromatic heterocycles. The SMILES string of the molecule is O=C(NCC1CCC(C(=O)O)O1)Nc1ccc(F)c(Cl)c1. The van der Waals surface area contributed by atoms with Crippen LogP contribution in [-0.2, 0) is 9.53 Å². The van der Waals surface area contributed by atoms with Gasteiger partial charge in [0, 0.05) is 12.2 Å². The quantitative estimate of drug-likeness (QED) is 0.795. The summed E-state index contributed by atoms with van der Waals surface area (Å²) in [5.74, 6) is -1.57. The van der Waals surface area contributed by atoms with E-state index in [0.717, 1.165) is 6.07 Å². The molecule has 1 aliphatic rings. The Morgan fingerprint density at radius 1 is 1.43 bits per heavy atom. The van der Waals surface area contributed by atoms with E-state index in [4.69, 9.17) is 21.4 Å². The highest BCUT2D eigenvalue weighted by Crippen LogP contribution is 2.20. The second-order valence-electron chi connectivity index (χ2n) is 4.63. The molecule has 0 aliphatic carbocycles. The Hall–Kier alpha value is -1.86. The predicted octanol–water partition coefficient (Wildman–Crippen LogP) is 2.23. The van der Waals surface area contributed by atoms with Crippen molar-refractivity contribution in [1.29, 1.82) is 0 Å². The zero-order valence-electron chi connectivity index (χ0n) is 10.9. The molecule has 1 aromatic carbocycles. The van der Waals surface area contributed by atoms with Gasteiger partial charge in [-0.15, -0.1) is 0 Å². The Kier molecular flexibility index (Phi) is 4.98. The molecular formula is C13H14ClFN2O4. The maximum absolute atomic E-state index is 13.0. The summed E-state index contributed by atoms with van der Waals surface area (Å²) in [6.45, 7) is 0.199. The molecule has 3 N–H and O–H groups in total. The van der Waals surface area contributed by atoms with Crippen LogP contribution < -0.4 is 10.6 Å². The molecule has 2 rings (SSSR count). The lowest BCUT2D eigenvalue weighted by Crippen LogP contribution is -2.35. The lowest BCUT2D eigenvalue weighted by molar-refractivity contribution is -0.149. The first-order chi connectivity index (χ1) is 9.95. The number of benzene rings is 1. The molecule has 0 bridgehead atoms. The lowest BCUT2D eigenvalue weighted by Gasteiger charge is -2.13. The summed E-state index contributed by atoms with van der Waals surface area (Å²) in [5, 5.41) is 13.8. The number of hydrogen-bond acceptors (Lipinski definition) is 3. The van der Waals surface area contributed by atoms with Crippen molar-refractivity contribution < 1.29 is 23.8 Å². The summed E-state index contributed by atoms with van der Waals surface area (Å²) in [4.78, 5) is 22.4. The fourth-order valence-corrected chi connectivity index (χ4v) is 2.17. The van der Waals surface area contributed by atoms with Crippen LogP contribution in [0, 0.1) is 5.82 Å². The molecule has 2 atom stereocenters. The largest absolute Gasteiger partial charge is 0.479 e. The first kappa shape index (κ1) is 15.5. The molecule has 1 heterocycles. The van der Waals surface area contributed by atoms with Crippen LogP contribution in [0.4, 0.5) is 14.9 Å². The summed E-state index contributed by atoms with van der Waals surface area (Å²) in [7, 11) is 0. The van der Waals surface area contributed by atoms with E-state index in [2.05, 4.69) is 10.6 Å². The van der Waals surface area contributed by atoms with Gasteiger partial charge >= 0.3 is 12.0 Å². The minimum absolute atomic E-state index is 0.0868. The standard InChI is InChI=1S/C13H14ClFN2O4/c14-9-5-7(1-3-10(9)15)17-13(20)16-6-8-2-4-11(21-8)12(18)19/h1,3,5,8,11H,2,4,6H2,(H,18,19)(H2,16,17,20). The predicted molar refractivity (Wildman–Crippen MR) is 74.0 cm³/mol. The van der Waals surface area contributed by atoms with E-state index < -0.39 is 23.9 Å². The average Bonchev–Trinajstić information content (AvgIpc) is 2.90. The van der Waals surface area contributed by atoms with Gasteiger partial charge in [-0.25, -0.2) is 14.0 Å². The molecule has 0 saturated carbocycles. The maximum Gasteiger partial charge on any atom is 0.332 e. The van der Waals surface area contributed by atoms with Crippen molar-refractivity contribution in [3.05, 3.63) is 29.0 Å². The number of carboxylic acid groups (broad SMARTS) is 1. The molecule has 0 radical (unpaired) electrons. The number of hydrogen-bond donors (Lipinski definition) is 3. The molecule has 2 unspecified atom stereocenters. The molecule has 6 nitrogen and oxygen atoms in total. The van der Waals surface area contributed by atoms with Crippen LogP contribution in [0.25, 0.3) is 0 Å². The highest BCUT2D eigenvalue weighted by atomic mass is 35.5. The molecule has 1 aromatic rings. The van der Waals surface area contributed by atoms with Gasteiger partial charge in [-0.3, -0.25) is 0 Å². The molecule has 114 valence electrons. The summed E-state index contributed by atoms with van der Waals surface area (Å²) < 4.78 is 18.2. The van der Waals surface area contributed by atoms with Crippen LogP contribution >= 0.6 is 11.6 Å². The second-order valence-corrected chi connectivity index (χ2v) is 5.03. The van der Waals surface area contributed by atoms with Crippen molar-refractivity contribution in [3.63, 3.8) is 0 Å². The van der Waals surface area contributed by atoms with Crippen molar-refractivity contribution in [2.75, 3.05) is 11.9 Å². The maximum atomic E-state index is 13.0. The number of halogens is 2. The molecule has 2 amide bonds. The molecule has 1 fully saturated rings. The minimum Gasteiger partial charge on any atom is -0.479 e. The number of aliphatic carboxylic acids is 1. The van der Waals surface area contributed by atoms with Gasteiger partial charge < -0.3 is 20.5 Å². The fourth-order valence-electron chi connectivity index (χ4n) is 1.99. The van der Waals surface area contributed by atoms with E-state index in [1.54, 1.807) is 0 Å². The zero-order chi connectivity index (χ0) is 15.4. The number of carbonyl (C=O) groups excluding carboxylic acids is 1. The number of amides is 2. The van der Waals surface area contributed by atoms with Crippen LogP contribution in [0.3, 0.4) is 0 Å². The molecule has 0 spiro atoms. The topological polar surface area (TPSA) is 87.7 Å². The zero-order valence-corrected chi connectivity index (χ0v) is 11.7. The highest BCUT2D eigenvalue weighted by Gasteiger charge is 2.30. The lowest BCUT2D eigenvalue weighted by atomic mass is 10.2. The number of urea groups is 1. The molecule has 1 aliphatic heterocycles. The normalized spacial score (nSPS) is 21.0. The Balaban J connectivity index is 1.77. The summed E-state index contributed by atoms with van der Waals surface area (Å²) in [6.07, 6.45) is -0.138. The monoisotopic (exact) mass is 316 g/mol. The summed E-state index contributed by atoms with van der Waals surface area (Å²) in [5.41, 5.74) is 0.356. The number of anilines is 1. The third-order valence-electron chi connectivity index (χ3n) is 3.05. The number of carboxylic acids is 1. The number of ether oxygens (including phenoxy) is 1.